The molecule has 9 heteroatoms. The Morgan fingerprint density at radius 3 is 2.20 bits per heavy atom. The van der Waals surface area contributed by atoms with Crippen molar-refractivity contribution in [2.75, 3.05) is 5.32 Å². The third-order valence-corrected chi connectivity index (χ3v) is 5.10. The van der Waals surface area contributed by atoms with Gasteiger partial charge < -0.3 is 22.1 Å². The molecule has 0 aliphatic heterocycles. The van der Waals surface area contributed by atoms with Gasteiger partial charge in [0.2, 0.25) is 11.8 Å². The Hall–Kier alpha value is -3.56. The number of benzene rings is 2. The first-order valence-corrected chi connectivity index (χ1v) is 10.0. The van der Waals surface area contributed by atoms with Crippen LogP contribution in [-0.2, 0) is 16.0 Å². The third kappa shape index (κ3) is 5.49. The molecule has 0 saturated heterocycles. The molecule has 2 atom stereocenters. The summed E-state index contributed by atoms with van der Waals surface area (Å²) in [6.45, 7) is 0. The van der Waals surface area contributed by atoms with E-state index in [1.165, 1.54) is 5.38 Å². The molecule has 0 aliphatic carbocycles. The van der Waals surface area contributed by atoms with Crippen LogP contribution in [0.1, 0.15) is 27.7 Å². The fourth-order valence-electron chi connectivity index (χ4n) is 2.77. The summed E-state index contributed by atoms with van der Waals surface area (Å²) in [4.78, 5) is 40.8. The maximum Gasteiger partial charge on any atom is 0.268 e. The van der Waals surface area contributed by atoms with Crippen molar-refractivity contribution in [2.45, 2.75) is 18.5 Å². The Kier molecular flexibility index (Phi) is 6.89. The number of aromatic nitrogens is 1. The molecule has 0 bridgehead atoms. The van der Waals surface area contributed by atoms with Gasteiger partial charge >= 0.3 is 0 Å². The number of primary amides is 1. The van der Waals surface area contributed by atoms with E-state index in [0.717, 1.165) is 16.9 Å². The maximum atomic E-state index is 12.9. The molecule has 3 rings (SSSR count). The summed E-state index contributed by atoms with van der Waals surface area (Å²) in [6, 6.07) is 16.4. The van der Waals surface area contributed by atoms with Crippen LogP contribution in [0.15, 0.2) is 66.0 Å². The number of hydrogen-bond donors (Lipinski definition) is 4. The van der Waals surface area contributed by atoms with E-state index in [9.17, 15) is 14.4 Å². The number of thiazole rings is 1. The monoisotopic (exact) mass is 423 g/mol. The minimum absolute atomic E-state index is 0.0602. The number of carbonyl (C=O) groups is 3. The van der Waals surface area contributed by atoms with Gasteiger partial charge in [-0.15, -0.1) is 11.3 Å². The van der Waals surface area contributed by atoms with Gasteiger partial charge in [-0.25, -0.2) is 4.98 Å². The molecular formula is C21H21N5O3S. The normalized spacial score (nSPS) is 12.6. The summed E-state index contributed by atoms with van der Waals surface area (Å²) in [7, 11) is 0. The van der Waals surface area contributed by atoms with Crippen LogP contribution in [0.2, 0.25) is 0 Å². The van der Waals surface area contributed by atoms with Crippen molar-refractivity contribution >= 4 is 34.2 Å². The lowest BCUT2D eigenvalue weighted by molar-refractivity contribution is -0.127. The molecule has 0 spiro atoms. The smallest absolute Gasteiger partial charge is 0.268 e. The number of nitrogens with zero attached hydrogens (tertiary/aromatic N) is 1. The molecular weight excluding hydrogens is 402 g/mol. The Balaban J connectivity index is 1.76. The molecule has 1 aromatic heterocycles. The average molecular weight is 423 g/mol. The van der Waals surface area contributed by atoms with E-state index < -0.39 is 29.8 Å². The summed E-state index contributed by atoms with van der Waals surface area (Å²) in [5.74, 6) is -1.64. The summed E-state index contributed by atoms with van der Waals surface area (Å²) in [6.07, 6.45) is 0.258. The molecule has 154 valence electrons. The number of anilines is 1. The second-order valence-electron chi connectivity index (χ2n) is 6.53. The summed E-state index contributed by atoms with van der Waals surface area (Å²) in [5.41, 5.74) is 12.8. The lowest BCUT2D eigenvalue weighted by atomic mass is 10.0. The van der Waals surface area contributed by atoms with Gasteiger partial charge in [0.1, 0.15) is 17.8 Å². The van der Waals surface area contributed by atoms with Crippen LogP contribution in [0.25, 0.3) is 0 Å². The fourth-order valence-corrected chi connectivity index (χ4v) is 3.47. The number of nitrogens with one attached hydrogen (secondary N) is 2. The average Bonchev–Trinajstić information content (AvgIpc) is 3.23. The predicted molar refractivity (Wildman–Crippen MR) is 115 cm³/mol. The molecule has 30 heavy (non-hydrogen) atoms. The molecule has 0 aliphatic rings. The third-order valence-electron chi connectivity index (χ3n) is 4.34. The zero-order valence-corrected chi connectivity index (χ0v) is 16.8. The highest BCUT2D eigenvalue weighted by Crippen LogP contribution is 2.16. The molecule has 6 N–H and O–H groups in total. The van der Waals surface area contributed by atoms with E-state index in [4.69, 9.17) is 11.5 Å². The minimum atomic E-state index is -0.918. The number of amides is 3. The molecule has 3 amide bonds. The van der Waals surface area contributed by atoms with Crippen molar-refractivity contribution in [1.82, 2.24) is 10.3 Å². The fraction of sp³-hybridized carbons (Fsp3) is 0.143. The zero-order valence-electron chi connectivity index (χ0n) is 15.9. The number of rotatable bonds is 8. The molecule has 1 heterocycles. The first-order chi connectivity index (χ1) is 14.4. The Morgan fingerprint density at radius 1 is 0.967 bits per heavy atom. The van der Waals surface area contributed by atoms with Crippen LogP contribution in [0.3, 0.4) is 0 Å². The van der Waals surface area contributed by atoms with Gasteiger partial charge in [-0.2, -0.15) is 0 Å². The first kappa shape index (κ1) is 21.2. The number of carbonyl (C=O) groups excluding carboxylic acids is 3. The molecule has 3 aromatic rings. The molecule has 0 fully saturated rings. The number of nitrogens with two attached hydrogens (primary N) is 2. The van der Waals surface area contributed by atoms with Gasteiger partial charge in [0.05, 0.1) is 0 Å². The van der Waals surface area contributed by atoms with E-state index in [-0.39, 0.29) is 17.2 Å². The molecule has 2 aromatic carbocycles. The Labute approximate surface area is 177 Å². The van der Waals surface area contributed by atoms with E-state index in [1.54, 1.807) is 24.3 Å². The Bertz CT molecular complexity index is 1020. The zero-order chi connectivity index (χ0) is 21.5. The molecule has 1 unspecified atom stereocenters. The van der Waals surface area contributed by atoms with Crippen LogP contribution in [0.5, 0.6) is 0 Å². The predicted octanol–water partition coefficient (Wildman–Crippen LogP) is 1.61. The van der Waals surface area contributed by atoms with Gasteiger partial charge in [-0.3, -0.25) is 14.4 Å². The Morgan fingerprint density at radius 2 is 1.60 bits per heavy atom. The standard InChI is InChI=1S/C21H21N5O3S/c22-17(14-9-5-2-6-10-14)20(29)24-15(11-13-7-3-1-4-8-13)19(28)26-21-25-16(12-30-21)18(23)27/h1-10,12,15,17H,11,22H2,(H2,23,27)(H,24,29)(H,25,26,28)/t15?,17-/m0/s1. The summed E-state index contributed by atoms with van der Waals surface area (Å²) < 4.78 is 0. The molecule has 8 nitrogen and oxygen atoms in total. The molecule has 0 saturated carbocycles. The van der Waals surface area contributed by atoms with Crippen molar-refractivity contribution in [1.29, 1.82) is 0 Å². The van der Waals surface area contributed by atoms with Crippen LogP contribution < -0.4 is 22.1 Å². The van der Waals surface area contributed by atoms with Crippen molar-refractivity contribution < 1.29 is 14.4 Å². The van der Waals surface area contributed by atoms with Crippen molar-refractivity contribution in [3.05, 3.63) is 82.9 Å². The highest BCUT2D eigenvalue weighted by atomic mass is 32.1. The topological polar surface area (TPSA) is 140 Å². The molecule has 0 radical (unpaired) electrons. The van der Waals surface area contributed by atoms with Crippen LogP contribution in [0, 0.1) is 0 Å². The van der Waals surface area contributed by atoms with Gasteiger partial charge in [0, 0.05) is 11.8 Å². The minimum Gasteiger partial charge on any atom is -0.364 e. The summed E-state index contributed by atoms with van der Waals surface area (Å²) >= 11 is 1.07. The van der Waals surface area contributed by atoms with Gasteiger partial charge in [-0.05, 0) is 11.1 Å². The van der Waals surface area contributed by atoms with Gasteiger partial charge in [0.25, 0.3) is 5.91 Å². The quantitative estimate of drug-likeness (QED) is 0.436. The number of hydrogen-bond acceptors (Lipinski definition) is 6. The van der Waals surface area contributed by atoms with E-state index in [1.807, 2.05) is 36.4 Å². The van der Waals surface area contributed by atoms with Gasteiger partial charge in [0.15, 0.2) is 5.13 Å². The SMILES string of the molecule is NC(=O)c1csc(NC(=O)C(Cc2ccccc2)NC(=O)[C@@H](N)c2ccccc2)n1. The largest absolute Gasteiger partial charge is 0.364 e. The lowest BCUT2D eigenvalue weighted by Gasteiger charge is -2.20. The van der Waals surface area contributed by atoms with E-state index >= 15 is 0 Å². The highest BCUT2D eigenvalue weighted by Gasteiger charge is 2.25. The highest BCUT2D eigenvalue weighted by molar-refractivity contribution is 7.14. The van der Waals surface area contributed by atoms with Crippen molar-refractivity contribution in [3.63, 3.8) is 0 Å². The van der Waals surface area contributed by atoms with Gasteiger partial charge in [-0.1, -0.05) is 60.7 Å². The maximum absolute atomic E-state index is 12.9. The van der Waals surface area contributed by atoms with Crippen molar-refractivity contribution in [2.24, 2.45) is 11.5 Å². The van der Waals surface area contributed by atoms with Crippen LogP contribution in [0.4, 0.5) is 5.13 Å². The second kappa shape index (κ2) is 9.77. The van der Waals surface area contributed by atoms with E-state index in [2.05, 4.69) is 15.6 Å². The van der Waals surface area contributed by atoms with Crippen LogP contribution in [-0.4, -0.2) is 28.7 Å². The van der Waals surface area contributed by atoms with E-state index in [0.29, 0.717) is 5.56 Å². The lowest BCUT2D eigenvalue weighted by Crippen LogP contribution is -2.48. The first-order valence-electron chi connectivity index (χ1n) is 9.15. The van der Waals surface area contributed by atoms with Crippen LogP contribution >= 0.6 is 11.3 Å². The second-order valence-corrected chi connectivity index (χ2v) is 7.39. The summed E-state index contributed by atoms with van der Waals surface area (Å²) in [5, 5.41) is 7.02. The van der Waals surface area contributed by atoms with Crippen molar-refractivity contribution in [3.8, 4) is 0 Å².